The largest absolute Gasteiger partial charge is 0.306 e. The van der Waals surface area contributed by atoms with E-state index in [1.54, 1.807) is 0 Å². The maximum Gasteiger partial charge on any atom is 0.260 e. The molecule has 0 unspecified atom stereocenters. The van der Waals surface area contributed by atoms with Crippen LogP contribution in [-0.4, -0.2) is 18.0 Å². The van der Waals surface area contributed by atoms with Crippen LogP contribution in [0, 0.1) is 5.41 Å². The van der Waals surface area contributed by atoms with Crippen molar-refractivity contribution in [1.82, 2.24) is 5.32 Å². The van der Waals surface area contributed by atoms with Crippen molar-refractivity contribution in [2.45, 2.75) is 65.8 Å². The highest BCUT2D eigenvalue weighted by atomic mass is 19.3. The van der Waals surface area contributed by atoms with Gasteiger partial charge >= 0.3 is 0 Å². The predicted molar refractivity (Wildman–Crippen MR) is 61.4 cm³/mol. The van der Waals surface area contributed by atoms with E-state index in [9.17, 15) is 8.78 Å². The maximum atomic E-state index is 13.4. The van der Waals surface area contributed by atoms with Crippen LogP contribution in [0.4, 0.5) is 8.78 Å². The van der Waals surface area contributed by atoms with Crippen LogP contribution >= 0.6 is 0 Å². The summed E-state index contributed by atoms with van der Waals surface area (Å²) in [6.07, 6.45) is 0.505. The van der Waals surface area contributed by atoms with Crippen molar-refractivity contribution < 1.29 is 8.78 Å². The van der Waals surface area contributed by atoms with E-state index in [0.29, 0.717) is 6.42 Å². The fourth-order valence-corrected chi connectivity index (χ4v) is 1.04. The van der Waals surface area contributed by atoms with Gasteiger partial charge in [0.05, 0.1) is 6.54 Å². The minimum Gasteiger partial charge on any atom is -0.306 e. The van der Waals surface area contributed by atoms with Crippen molar-refractivity contribution in [3.8, 4) is 0 Å². The van der Waals surface area contributed by atoms with E-state index in [-0.39, 0.29) is 23.9 Å². The van der Waals surface area contributed by atoms with Gasteiger partial charge in [-0.1, -0.05) is 20.8 Å². The fraction of sp³-hybridized carbons (Fsp3) is 1.00. The van der Waals surface area contributed by atoms with Gasteiger partial charge in [0.2, 0.25) is 0 Å². The molecule has 0 spiro atoms. The first-order chi connectivity index (χ1) is 6.41. The van der Waals surface area contributed by atoms with Crippen LogP contribution in [-0.2, 0) is 0 Å². The van der Waals surface area contributed by atoms with Gasteiger partial charge in [-0.2, -0.15) is 0 Å². The minimum atomic E-state index is -2.60. The summed E-state index contributed by atoms with van der Waals surface area (Å²) in [5, 5.41) is 2.85. The zero-order valence-electron chi connectivity index (χ0n) is 10.9. The second-order valence-corrected chi connectivity index (χ2v) is 6.52. The van der Waals surface area contributed by atoms with Crippen molar-refractivity contribution in [1.29, 1.82) is 0 Å². The van der Waals surface area contributed by atoms with Crippen LogP contribution < -0.4 is 5.32 Å². The first kappa shape index (κ1) is 14.8. The smallest absolute Gasteiger partial charge is 0.260 e. The molecule has 92 valence electrons. The molecule has 0 radical (unpaired) electrons. The molecule has 0 fully saturated rings. The van der Waals surface area contributed by atoms with E-state index in [1.807, 2.05) is 41.5 Å². The van der Waals surface area contributed by atoms with Gasteiger partial charge in [-0.15, -0.1) is 0 Å². The van der Waals surface area contributed by atoms with Crippen molar-refractivity contribution in [2.75, 3.05) is 6.54 Å². The van der Waals surface area contributed by atoms with Gasteiger partial charge in [0.1, 0.15) is 0 Å². The van der Waals surface area contributed by atoms with Crippen LogP contribution in [0.1, 0.15) is 54.4 Å². The lowest BCUT2D eigenvalue weighted by molar-refractivity contribution is -0.0204. The lowest BCUT2D eigenvalue weighted by Crippen LogP contribution is -2.43. The summed E-state index contributed by atoms with van der Waals surface area (Å²) < 4.78 is 26.8. The van der Waals surface area contributed by atoms with Gasteiger partial charge in [0.25, 0.3) is 5.92 Å². The van der Waals surface area contributed by atoms with Gasteiger partial charge in [-0.25, -0.2) is 8.78 Å². The van der Waals surface area contributed by atoms with E-state index in [1.165, 1.54) is 0 Å². The third kappa shape index (κ3) is 10.1. The number of halogens is 2. The minimum absolute atomic E-state index is 0.0227. The fourth-order valence-electron chi connectivity index (χ4n) is 1.04. The van der Waals surface area contributed by atoms with Crippen molar-refractivity contribution in [2.24, 2.45) is 5.41 Å². The van der Waals surface area contributed by atoms with Gasteiger partial charge in [-0.05, 0) is 32.6 Å². The molecular weight excluding hydrogens is 196 g/mol. The summed E-state index contributed by atoms with van der Waals surface area (Å²) in [4.78, 5) is 0. The predicted octanol–water partition coefficient (Wildman–Crippen LogP) is 3.84. The quantitative estimate of drug-likeness (QED) is 0.760. The average molecular weight is 221 g/mol. The number of hydrogen-bond donors (Lipinski definition) is 1. The Balaban J connectivity index is 3.98. The molecular formula is C12H25F2N. The molecule has 0 heterocycles. The zero-order valence-corrected chi connectivity index (χ0v) is 10.9. The van der Waals surface area contributed by atoms with Crippen LogP contribution in [0.15, 0.2) is 0 Å². The molecule has 0 aromatic rings. The SMILES string of the molecule is CC(C)(C)CCC(F)(F)CNC(C)(C)C. The molecule has 0 saturated heterocycles. The normalized spacial score (nSPS) is 14.4. The molecule has 0 aliphatic carbocycles. The molecule has 1 nitrogen and oxygen atoms in total. The number of alkyl halides is 2. The molecule has 0 bridgehead atoms. The standard InChI is InChI=1S/C12H25F2N/c1-10(2,3)7-8-12(13,14)9-15-11(4,5)6/h15H,7-9H2,1-6H3. The van der Waals surface area contributed by atoms with E-state index in [2.05, 4.69) is 5.32 Å². The molecule has 15 heavy (non-hydrogen) atoms. The van der Waals surface area contributed by atoms with Gasteiger partial charge < -0.3 is 5.32 Å². The van der Waals surface area contributed by atoms with E-state index in [4.69, 9.17) is 0 Å². The highest BCUT2D eigenvalue weighted by molar-refractivity contribution is 4.78. The monoisotopic (exact) mass is 221 g/mol. The van der Waals surface area contributed by atoms with Crippen LogP contribution in [0.25, 0.3) is 0 Å². The van der Waals surface area contributed by atoms with Gasteiger partial charge in [0.15, 0.2) is 0 Å². The Hall–Kier alpha value is -0.180. The van der Waals surface area contributed by atoms with E-state index in [0.717, 1.165) is 0 Å². The number of rotatable bonds is 4. The molecule has 0 atom stereocenters. The summed E-state index contributed by atoms with van der Waals surface area (Å²) in [6.45, 7) is 11.4. The molecule has 0 aromatic carbocycles. The highest BCUT2D eigenvalue weighted by Gasteiger charge is 2.31. The molecule has 0 aliphatic rings. The maximum absolute atomic E-state index is 13.4. The summed E-state index contributed by atoms with van der Waals surface area (Å²) in [5.74, 6) is -2.60. The molecule has 0 rings (SSSR count). The van der Waals surface area contributed by atoms with Crippen LogP contribution in [0.3, 0.4) is 0 Å². The number of hydrogen-bond acceptors (Lipinski definition) is 1. The first-order valence-electron chi connectivity index (χ1n) is 5.54. The molecule has 0 aliphatic heterocycles. The second kappa shape index (κ2) is 4.77. The molecule has 3 heteroatoms. The third-order valence-electron chi connectivity index (χ3n) is 2.12. The van der Waals surface area contributed by atoms with Crippen molar-refractivity contribution in [3.63, 3.8) is 0 Å². The van der Waals surface area contributed by atoms with Crippen LogP contribution in [0.2, 0.25) is 0 Å². The average Bonchev–Trinajstić information content (AvgIpc) is 1.96. The molecule has 0 saturated carbocycles. The van der Waals surface area contributed by atoms with E-state index >= 15 is 0 Å². The van der Waals surface area contributed by atoms with Crippen LogP contribution in [0.5, 0.6) is 0 Å². The lowest BCUT2D eigenvalue weighted by atomic mass is 9.89. The van der Waals surface area contributed by atoms with Gasteiger partial charge in [-0.3, -0.25) is 0 Å². The third-order valence-corrected chi connectivity index (χ3v) is 2.12. The first-order valence-corrected chi connectivity index (χ1v) is 5.54. The summed E-state index contributed by atoms with van der Waals surface area (Å²) in [7, 11) is 0. The van der Waals surface area contributed by atoms with Crippen molar-refractivity contribution in [3.05, 3.63) is 0 Å². The summed E-state index contributed by atoms with van der Waals surface area (Å²) in [6, 6.07) is 0. The highest BCUT2D eigenvalue weighted by Crippen LogP contribution is 2.28. The molecule has 1 N–H and O–H groups in total. The second-order valence-electron chi connectivity index (χ2n) is 6.52. The number of nitrogens with one attached hydrogen (secondary N) is 1. The van der Waals surface area contributed by atoms with E-state index < -0.39 is 5.92 Å². The molecule has 0 amide bonds. The Kier molecular flexibility index (Phi) is 4.71. The lowest BCUT2D eigenvalue weighted by Gasteiger charge is -2.27. The van der Waals surface area contributed by atoms with Gasteiger partial charge in [0, 0.05) is 12.0 Å². The molecule has 0 aromatic heterocycles. The summed E-state index contributed by atoms with van der Waals surface area (Å²) >= 11 is 0. The zero-order chi connectivity index (χ0) is 12.3. The Bertz CT molecular complexity index is 167. The topological polar surface area (TPSA) is 12.0 Å². The van der Waals surface area contributed by atoms with Crippen molar-refractivity contribution >= 4 is 0 Å². The Morgan fingerprint density at radius 3 is 1.67 bits per heavy atom. The Labute approximate surface area is 92.6 Å². The Morgan fingerprint density at radius 1 is 0.867 bits per heavy atom. The Morgan fingerprint density at radius 2 is 1.33 bits per heavy atom. The summed E-state index contributed by atoms with van der Waals surface area (Å²) in [5.41, 5.74) is -0.268.